The number of hydrogen-bond acceptors (Lipinski definition) is 4. The van der Waals surface area contributed by atoms with Gasteiger partial charge in [-0.15, -0.1) is 0 Å². The lowest BCUT2D eigenvalue weighted by atomic mass is 10.3. The maximum Gasteiger partial charge on any atom is 0.287 e. The van der Waals surface area contributed by atoms with Gasteiger partial charge in [0, 0.05) is 33.1 Å². The second-order valence-electron chi connectivity index (χ2n) is 4.57. The van der Waals surface area contributed by atoms with Crippen molar-refractivity contribution in [2.24, 2.45) is 7.05 Å². The number of aromatic nitrogens is 2. The molecule has 0 bridgehead atoms. The fourth-order valence-electron chi connectivity index (χ4n) is 2.06. The molecule has 0 aliphatic carbocycles. The second-order valence-corrected chi connectivity index (χ2v) is 4.94. The van der Waals surface area contributed by atoms with Crippen molar-refractivity contribution in [1.82, 2.24) is 14.7 Å². The van der Waals surface area contributed by atoms with Crippen molar-refractivity contribution in [3.63, 3.8) is 0 Å². The van der Waals surface area contributed by atoms with E-state index in [0.717, 1.165) is 25.9 Å². The fourth-order valence-corrected chi connectivity index (χ4v) is 2.30. The molecule has 0 atom stereocenters. The van der Waals surface area contributed by atoms with Crippen molar-refractivity contribution in [2.45, 2.75) is 19.3 Å². The van der Waals surface area contributed by atoms with Gasteiger partial charge in [0.15, 0.2) is 0 Å². The Morgan fingerprint density at radius 3 is 2.84 bits per heavy atom. The quantitative estimate of drug-likeness (QED) is 0.890. The lowest BCUT2D eigenvalue weighted by Crippen LogP contribution is -2.29. The van der Waals surface area contributed by atoms with Crippen LogP contribution in [0.5, 0.6) is 0 Å². The zero-order chi connectivity index (χ0) is 13.8. The maximum atomic E-state index is 11.8. The van der Waals surface area contributed by atoms with Gasteiger partial charge in [0.05, 0.1) is 11.9 Å². The van der Waals surface area contributed by atoms with E-state index in [1.54, 1.807) is 0 Å². The SMILES string of the molecule is Cn1ncc(NCCC(=O)N2CCCC2)c(Cl)c1=O. The summed E-state index contributed by atoms with van der Waals surface area (Å²) in [4.78, 5) is 25.2. The molecule has 1 aromatic rings. The molecular weight excluding hydrogens is 268 g/mol. The van der Waals surface area contributed by atoms with Crippen LogP contribution in [0.25, 0.3) is 0 Å². The Kier molecular flexibility index (Phi) is 4.42. The van der Waals surface area contributed by atoms with Gasteiger partial charge in [-0.25, -0.2) is 4.68 Å². The lowest BCUT2D eigenvalue weighted by Gasteiger charge is -2.15. The van der Waals surface area contributed by atoms with Gasteiger partial charge in [-0.05, 0) is 12.8 Å². The van der Waals surface area contributed by atoms with Crippen molar-refractivity contribution in [2.75, 3.05) is 25.0 Å². The van der Waals surface area contributed by atoms with E-state index >= 15 is 0 Å². The normalized spacial score (nSPS) is 14.7. The van der Waals surface area contributed by atoms with Crippen LogP contribution < -0.4 is 10.9 Å². The van der Waals surface area contributed by atoms with Crippen LogP contribution in [0.2, 0.25) is 5.02 Å². The Morgan fingerprint density at radius 2 is 2.16 bits per heavy atom. The molecule has 6 nitrogen and oxygen atoms in total. The van der Waals surface area contributed by atoms with E-state index in [9.17, 15) is 9.59 Å². The standard InChI is InChI=1S/C12H17ClN4O2/c1-16-12(19)11(13)9(8-15-16)14-5-4-10(18)17-6-2-3-7-17/h8,14H,2-7H2,1H3. The van der Waals surface area contributed by atoms with Crippen molar-refractivity contribution >= 4 is 23.2 Å². The number of nitrogens with zero attached hydrogens (tertiary/aromatic N) is 3. The number of hydrogen-bond donors (Lipinski definition) is 1. The number of anilines is 1. The zero-order valence-electron chi connectivity index (χ0n) is 10.9. The van der Waals surface area contributed by atoms with Crippen molar-refractivity contribution in [3.8, 4) is 0 Å². The first kappa shape index (κ1) is 13.9. The number of aryl methyl sites for hydroxylation is 1. The first-order valence-corrected chi connectivity index (χ1v) is 6.71. The van der Waals surface area contributed by atoms with E-state index in [1.807, 2.05) is 4.90 Å². The molecule has 0 unspecified atom stereocenters. The summed E-state index contributed by atoms with van der Waals surface area (Å²) < 4.78 is 1.17. The summed E-state index contributed by atoms with van der Waals surface area (Å²) >= 11 is 5.91. The molecule has 1 amide bonds. The highest BCUT2D eigenvalue weighted by Gasteiger charge is 2.17. The second kappa shape index (κ2) is 6.06. The van der Waals surface area contributed by atoms with E-state index in [1.165, 1.54) is 17.9 Å². The van der Waals surface area contributed by atoms with Crippen LogP contribution in [-0.2, 0) is 11.8 Å². The minimum atomic E-state index is -0.350. The van der Waals surface area contributed by atoms with Crippen LogP contribution >= 0.6 is 11.6 Å². The average Bonchev–Trinajstić information content (AvgIpc) is 2.92. The highest BCUT2D eigenvalue weighted by Crippen LogP contribution is 2.15. The van der Waals surface area contributed by atoms with Gasteiger partial charge in [-0.2, -0.15) is 5.10 Å². The summed E-state index contributed by atoms with van der Waals surface area (Å²) in [5.41, 5.74) is 0.122. The molecule has 0 radical (unpaired) electrons. The van der Waals surface area contributed by atoms with Crippen molar-refractivity contribution in [3.05, 3.63) is 21.6 Å². The molecule has 1 aliphatic heterocycles. The fraction of sp³-hybridized carbons (Fsp3) is 0.583. The van der Waals surface area contributed by atoms with Gasteiger partial charge in [0.2, 0.25) is 5.91 Å². The molecule has 19 heavy (non-hydrogen) atoms. The molecule has 0 saturated carbocycles. The molecule has 1 N–H and O–H groups in total. The number of carbonyl (C=O) groups excluding carboxylic acids is 1. The first-order chi connectivity index (χ1) is 9.09. The van der Waals surface area contributed by atoms with E-state index in [4.69, 9.17) is 11.6 Å². The Balaban J connectivity index is 1.87. The number of nitrogens with one attached hydrogen (secondary N) is 1. The highest BCUT2D eigenvalue weighted by molar-refractivity contribution is 6.32. The molecule has 1 aromatic heterocycles. The molecule has 104 valence electrons. The van der Waals surface area contributed by atoms with Gasteiger partial charge >= 0.3 is 0 Å². The summed E-state index contributed by atoms with van der Waals surface area (Å²) in [5, 5.41) is 6.96. The third kappa shape index (κ3) is 3.26. The smallest absolute Gasteiger partial charge is 0.287 e. The average molecular weight is 285 g/mol. The molecule has 0 aromatic carbocycles. The van der Waals surface area contributed by atoms with Crippen LogP contribution in [0.1, 0.15) is 19.3 Å². The van der Waals surface area contributed by atoms with Gasteiger partial charge in [-0.3, -0.25) is 9.59 Å². The summed E-state index contributed by atoms with van der Waals surface area (Å²) in [7, 11) is 1.54. The largest absolute Gasteiger partial charge is 0.382 e. The van der Waals surface area contributed by atoms with Crippen LogP contribution in [-0.4, -0.2) is 40.2 Å². The number of carbonyl (C=O) groups is 1. The minimum absolute atomic E-state index is 0.103. The summed E-state index contributed by atoms with van der Waals surface area (Å²) in [6, 6.07) is 0. The molecule has 2 rings (SSSR count). The van der Waals surface area contributed by atoms with E-state index in [0.29, 0.717) is 18.7 Å². The summed E-state index contributed by atoms with van der Waals surface area (Å²) in [6.07, 6.45) is 4.06. The topological polar surface area (TPSA) is 67.2 Å². The van der Waals surface area contributed by atoms with Gasteiger partial charge < -0.3 is 10.2 Å². The van der Waals surface area contributed by atoms with E-state index in [2.05, 4.69) is 10.4 Å². The van der Waals surface area contributed by atoms with Crippen LogP contribution in [0.3, 0.4) is 0 Å². The Labute approximate surface area is 116 Å². The minimum Gasteiger partial charge on any atom is -0.382 e. The van der Waals surface area contributed by atoms with Crippen LogP contribution in [0.15, 0.2) is 11.0 Å². The van der Waals surface area contributed by atoms with E-state index in [-0.39, 0.29) is 16.5 Å². The Bertz CT molecular complexity index is 523. The number of amides is 1. The van der Waals surface area contributed by atoms with Crippen LogP contribution in [0, 0.1) is 0 Å². The summed E-state index contributed by atoms with van der Waals surface area (Å²) in [6.45, 7) is 2.16. The maximum absolute atomic E-state index is 11.8. The first-order valence-electron chi connectivity index (χ1n) is 6.33. The number of rotatable bonds is 4. The predicted molar refractivity (Wildman–Crippen MR) is 73.4 cm³/mol. The van der Waals surface area contributed by atoms with Crippen molar-refractivity contribution < 1.29 is 4.79 Å². The number of halogens is 1. The molecule has 2 heterocycles. The highest BCUT2D eigenvalue weighted by atomic mass is 35.5. The van der Waals surface area contributed by atoms with Crippen LogP contribution in [0.4, 0.5) is 5.69 Å². The molecular formula is C12H17ClN4O2. The molecule has 7 heteroatoms. The van der Waals surface area contributed by atoms with E-state index < -0.39 is 0 Å². The summed E-state index contributed by atoms with van der Waals surface area (Å²) in [5.74, 6) is 0.137. The predicted octanol–water partition coefficient (Wildman–Crippen LogP) is 0.858. The Hall–Kier alpha value is -1.56. The monoisotopic (exact) mass is 284 g/mol. The lowest BCUT2D eigenvalue weighted by molar-refractivity contribution is -0.129. The molecule has 1 fully saturated rings. The molecule has 1 aliphatic rings. The number of likely N-dealkylation sites (tertiary alicyclic amines) is 1. The molecule has 1 saturated heterocycles. The van der Waals surface area contributed by atoms with Crippen molar-refractivity contribution in [1.29, 1.82) is 0 Å². The van der Waals surface area contributed by atoms with Gasteiger partial charge in [0.1, 0.15) is 5.02 Å². The third-order valence-corrected chi connectivity index (χ3v) is 3.56. The molecule has 0 spiro atoms. The van der Waals surface area contributed by atoms with Gasteiger partial charge in [-0.1, -0.05) is 11.6 Å². The Morgan fingerprint density at radius 1 is 1.47 bits per heavy atom. The zero-order valence-corrected chi connectivity index (χ0v) is 11.6. The third-order valence-electron chi connectivity index (χ3n) is 3.19. The van der Waals surface area contributed by atoms with Gasteiger partial charge in [0.25, 0.3) is 5.56 Å².